The minimum atomic E-state index is -1.66. The van der Waals surface area contributed by atoms with Crippen molar-refractivity contribution in [1.82, 2.24) is 0 Å². The molecule has 0 saturated carbocycles. The molecule has 1 aromatic carbocycles. The number of carbonyl (C=O) groups excluding carboxylic acids is 1. The van der Waals surface area contributed by atoms with Crippen LogP contribution in [0.3, 0.4) is 0 Å². The first-order valence-electron chi connectivity index (χ1n) is 5.69. The van der Waals surface area contributed by atoms with Gasteiger partial charge in [-0.3, -0.25) is 0 Å². The first-order valence-corrected chi connectivity index (χ1v) is 6.48. The Balaban J connectivity index is 3.02. The van der Waals surface area contributed by atoms with Crippen LogP contribution in [0.1, 0.15) is 18.9 Å². The Bertz CT molecular complexity index is 390. The molecule has 1 aromatic rings. The summed E-state index contributed by atoms with van der Waals surface area (Å²) in [6.07, 6.45) is 0.157. The van der Waals surface area contributed by atoms with Crippen LogP contribution in [0.25, 0.3) is 0 Å². The van der Waals surface area contributed by atoms with E-state index in [9.17, 15) is 9.90 Å². The lowest BCUT2D eigenvalue weighted by atomic mass is 9.91. The molecule has 0 amide bonds. The number of esters is 1. The van der Waals surface area contributed by atoms with E-state index in [-0.39, 0.29) is 19.6 Å². The van der Waals surface area contributed by atoms with Crippen molar-refractivity contribution in [1.29, 1.82) is 0 Å². The number of carbonyl (C=O) groups is 1. The monoisotopic (exact) mass is 316 g/mol. The van der Waals surface area contributed by atoms with E-state index in [1.165, 1.54) is 7.11 Å². The van der Waals surface area contributed by atoms with E-state index >= 15 is 0 Å². The molecular weight excluding hydrogens is 300 g/mol. The van der Waals surface area contributed by atoms with Crippen molar-refractivity contribution >= 4 is 21.9 Å². The maximum atomic E-state index is 11.9. The van der Waals surface area contributed by atoms with E-state index in [0.717, 1.165) is 4.47 Å². The highest BCUT2D eigenvalue weighted by atomic mass is 79.9. The molecule has 0 spiro atoms. The lowest BCUT2D eigenvalue weighted by Crippen LogP contribution is -2.38. The Morgan fingerprint density at radius 2 is 2.00 bits per heavy atom. The molecule has 100 valence electrons. The molecule has 0 bridgehead atoms. The summed E-state index contributed by atoms with van der Waals surface area (Å²) in [6, 6.07) is 6.92. The van der Waals surface area contributed by atoms with Gasteiger partial charge in [0.2, 0.25) is 0 Å². The Kier molecular flexibility index (Phi) is 5.78. The van der Waals surface area contributed by atoms with Crippen LogP contribution in [0.4, 0.5) is 0 Å². The van der Waals surface area contributed by atoms with E-state index in [4.69, 9.17) is 9.47 Å². The number of halogens is 1. The van der Waals surface area contributed by atoms with Gasteiger partial charge in [-0.2, -0.15) is 0 Å². The first kappa shape index (κ1) is 15.1. The number of methoxy groups -OCH3 is 1. The Labute approximate surface area is 115 Å². The van der Waals surface area contributed by atoms with Crippen molar-refractivity contribution in [2.75, 3.05) is 20.3 Å². The van der Waals surface area contributed by atoms with Crippen LogP contribution >= 0.6 is 15.9 Å². The topological polar surface area (TPSA) is 55.8 Å². The summed E-state index contributed by atoms with van der Waals surface area (Å²) in [5, 5.41) is 10.5. The number of benzene rings is 1. The van der Waals surface area contributed by atoms with E-state index in [1.807, 2.05) is 0 Å². The number of rotatable bonds is 6. The molecule has 0 aliphatic heterocycles. The van der Waals surface area contributed by atoms with Crippen molar-refractivity contribution in [2.45, 2.75) is 18.9 Å². The smallest absolute Gasteiger partial charge is 0.342 e. The molecule has 0 saturated heterocycles. The van der Waals surface area contributed by atoms with Crippen molar-refractivity contribution in [3.8, 4) is 0 Å². The minimum Gasteiger partial charge on any atom is -0.464 e. The van der Waals surface area contributed by atoms with Gasteiger partial charge in [0.1, 0.15) is 0 Å². The summed E-state index contributed by atoms with van der Waals surface area (Å²) >= 11 is 3.31. The minimum absolute atomic E-state index is 0.157. The molecule has 4 nitrogen and oxygen atoms in total. The molecule has 18 heavy (non-hydrogen) atoms. The van der Waals surface area contributed by atoms with Gasteiger partial charge in [-0.25, -0.2) is 4.79 Å². The molecule has 0 aliphatic carbocycles. The van der Waals surface area contributed by atoms with Crippen molar-refractivity contribution in [3.05, 3.63) is 34.3 Å². The van der Waals surface area contributed by atoms with Crippen molar-refractivity contribution < 1.29 is 19.4 Å². The van der Waals surface area contributed by atoms with Crippen LogP contribution in [-0.2, 0) is 19.9 Å². The van der Waals surface area contributed by atoms with Crippen LogP contribution in [0.2, 0.25) is 0 Å². The standard InChI is InChI=1S/C13H17BrO4/c1-3-18-12(15)13(16,8-9-17-2)10-4-6-11(14)7-5-10/h4-7,16H,3,8-9H2,1-2H3/t13-/m1/s1. The third kappa shape index (κ3) is 3.54. The largest absolute Gasteiger partial charge is 0.464 e. The molecule has 0 fully saturated rings. The van der Waals surface area contributed by atoms with Crippen molar-refractivity contribution in [2.24, 2.45) is 0 Å². The number of hydrogen-bond donors (Lipinski definition) is 1. The summed E-state index contributed by atoms with van der Waals surface area (Å²) in [7, 11) is 1.52. The third-order valence-electron chi connectivity index (χ3n) is 2.60. The van der Waals surface area contributed by atoms with Gasteiger partial charge in [0.25, 0.3) is 0 Å². The van der Waals surface area contributed by atoms with Gasteiger partial charge in [-0.05, 0) is 24.6 Å². The number of hydrogen-bond acceptors (Lipinski definition) is 4. The van der Waals surface area contributed by atoms with Crippen LogP contribution in [0.15, 0.2) is 28.7 Å². The lowest BCUT2D eigenvalue weighted by molar-refractivity contribution is -0.168. The van der Waals surface area contributed by atoms with Crippen LogP contribution in [0.5, 0.6) is 0 Å². The molecule has 0 radical (unpaired) electrons. The van der Waals surface area contributed by atoms with Crippen LogP contribution < -0.4 is 0 Å². The maximum Gasteiger partial charge on any atom is 0.342 e. The molecule has 0 heterocycles. The average Bonchev–Trinajstić information content (AvgIpc) is 2.37. The summed E-state index contributed by atoms with van der Waals surface area (Å²) in [5.41, 5.74) is -1.16. The van der Waals surface area contributed by atoms with Crippen LogP contribution in [0, 0.1) is 0 Å². The number of aliphatic hydroxyl groups is 1. The van der Waals surface area contributed by atoms with Gasteiger partial charge in [-0.1, -0.05) is 28.1 Å². The molecule has 1 N–H and O–H groups in total. The van der Waals surface area contributed by atoms with E-state index in [1.54, 1.807) is 31.2 Å². The summed E-state index contributed by atoms with van der Waals surface area (Å²) in [6.45, 7) is 2.20. The highest BCUT2D eigenvalue weighted by molar-refractivity contribution is 9.10. The van der Waals surface area contributed by atoms with Gasteiger partial charge in [0.05, 0.1) is 6.61 Å². The van der Waals surface area contributed by atoms with Gasteiger partial charge in [-0.15, -0.1) is 0 Å². The summed E-state index contributed by atoms with van der Waals surface area (Å²) in [4.78, 5) is 11.9. The second kappa shape index (κ2) is 6.87. The van der Waals surface area contributed by atoms with Gasteiger partial charge < -0.3 is 14.6 Å². The van der Waals surface area contributed by atoms with E-state index in [0.29, 0.717) is 5.56 Å². The highest BCUT2D eigenvalue weighted by Crippen LogP contribution is 2.28. The van der Waals surface area contributed by atoms with Gasteiger partial charge in [0, 0.05) is 24.6 Å². The Morgan fingerprint density at radius 3 is 2.50 bits per heavy atom. The Hall–Kier alpha value is -0.910. The summed E-state index contributed by atoms with van der Waals surface area (Å²) in [5.74, 6) is -0.649. The average molecular weight is 317 g/mol. The SMILES string of the molecule is CCOC(=O)[C@@](O)(CCOC)c1ccc(Br)cc1. The van der Waals surface area contributed by atoms with E-state index in [2.05, 4.69) is 15.9 Å². The van der Waals surface area contributed by atoms with Gasteiger partial charge >= 0.3 is 5.97 Å². The maximum absolute atomic E-state index is 11.9. The van der Waals surface area contributed by atoms with E-state index < -0.39 is 11.6 Å². The number of ether oxygens (including phenoxy) is 2. The second-order valence-corrected chi connectivity index (χ2v) is 4.75. The Morgan fingerprint density at radius 1 is 1.39 bits per heavy atom. The fourth-order valence-electron chi connectivity index (χ4n) is 1.59. The molecule has 0 aliphatic rings. The molecular formula is C13H17BrO4. The highest BCUT2D eigenvalue weighted by Gasteiger charge is 2.39. The predicted molar refractivity (Wildman–Crippen MR) is 71.2 cm³/mol. The second-order valence-electron chi connectivity index (χ2n) is 3.83. The predicted octanol–water partition coefficient (Wildman–Crippen LogP) is 2.24. The molecule has 5 heteroatoms. The zero-order chi connectivity index (χ0) is 13.6. The van der Waals surface area contributed by atoms with Crippen LogP contribution in [-0.4, -0.2) is 31.4 Å². The molecule has 1 atom stereocenters. The van der Waals surface area contributed by atoms with Gasteiger partial charge in [0.15, 0.2) is 5.60 Å². The summed E-state index contributed by atoms with van der Waals surface area (Å²) < 4.78 is 10.7. The first-order chi connectivity index (χ1) is 8.54. The quantitative estimate of drug-likeness (QED) is 0.818. The molecule has 0 aromatic heterocycles. The lowest BCUT2D eigenvalue weighted by Gasteiger charge is -2.26. The molecule has 1 rings (SSSR count). The van der Waals surface area contributed by atoms with Crippen molar-refractivity contribution in [3.63, 3.8) is 0 Å². The third-order valence-corrected chi connectivity index (χ3v) is 3.13. The normalized spacial score (nSPS) is 14.0. The molecule has 0 unspecified atom stereocenters. The zero-order valence-corrected chi connectivity index (χ0v) is 12.1. The zero-order valence-electron chi connectivity index (χ0n) is 10.5. The fourth-order valence-corrected chi connectivity index (χ4v) is 1.85. The fraction of sp³-hybridized carbons (Fsp3) is 0.462.